The normalized spacial score (nSPS) is 12.7. The van der Waals surface area contributed by atoms with E-state index in [1.807, 2.05) is 18.2 Å². The van der Waals surface area contributed by atoms with Gasteiger partial charge in [0.05, 0.1) is 5.02 Å². The monoisotopic (exact) mass is 350 g/mol. The van der Waals surface area contributed by atoms with Crippen molar-refractivity contribution in [3.8, 4) is 0 Å². The predicted octanol–water partition coefficient (Wildman–Crippen LogP) is 4.32. The summed E-state index contributed by atoms with van der Waals surface area (Å²) in [5.74, 6) is -0.129. The molecule has 2 aromatic rings. The Kier molecular flexibility index (Phi) is 3.68. The minimum atomic E-state index is -0.129. The van der Waals surface area contributed by atoms with Crippen LogP contribution in [-0.2, 0) is 6.42 Å². The van der Waals surface area contributed by atoms with Crippen LogP contribution in [0.1, 0.15) is 15.9 Å². The predicted molar refractivity (Wildman–Crippen MR) is 85.7 cm³/mol. The van der Waals surface area contributed by atoms with E-state index in [9.17, 15) is 4.79 Å². The van der Waals surface area contributed by atoms with Crippen LogP contribution in [0.25, 0.3) is 0 Å². The van der Waals surface area contributed by atoms with Gasteiger partial charge >= 0.3 is 0 Å². The van der Waals surface area contributed by atoms with Gasteiger partial charge in [-0.05, 0) is 58.2 Å². The average Bonchev–Trinajstić information content (AvgIpc) is 2.90. The molecule has 0 bridgehead atoms. The fourth-order valence-electron chi connectivity index (χ4n) is 2.21. The lowest BCUT2D eigenvalue weighted by Crippen LogP contribution is -2.12. The van der Waals surface area contributed by atoms with E-state index in [1.54, 1.807) is 18.2 Å². The molecule has 5 heteroatoms. The van der Waals surface area contributed by atoms with Gasteiger partial charge in [-0.1, -0.05) is 17.7 Å². The first-order valence-electron chi connectivity index (χ1n) is 6.27. The van der Waals surface area contributed by atoms with E-state index < -0.39 is 0 Å². The Balaban J connectivity index is 1.80. The number of rotatable bonds is 2. The molecule has 1 aliphatic heterocycles. The number of hydrogen-bond donors (Lipinski definition) is 2. The highest BCUT2D eigenvalue weighted by Gasteiger charge is 2.13. The van der Waals surface area contributed by atoms with E-state index in [0.717, 1.165) is 23.1 Å². The first-order valence-corrected chi connectivity index (χ1v) is 7.44. The zero-order valence-corrected chi connectivity index (χ0v) is 12.9. The second-order valence-corrected chi connectivity index (χ2v) is 5.89. The van der Waals surface area contributed by atoms with Gasteiger partial charge in [-0.15, -0.1) is 0 Å². The molecule has 3 nitrogen and oxygen atoms in total. The summed E-state index contributed by atoms with van der Waals surface area (Å²) in [5, 5.41) is 6.75. The van der Waals surface area contributed by atoms with E-state index in [1.165, 1.54) is 5.56 Å². The molecule has 0 radical (unpaired) electrons. The van der Waals surface area contributed by atoms with Gasteiger partial charge in [-0.25, -0.2) is 0 Å². The highest BCUT2D eigenvalue weighted by Crippen LogP contribution is 2.27. The molecule has 1 aliphatic rings. The smallest absolute Gasteiger partial charge is 0.255 e. The summed E-state index contributed by atoms with van der Waals surface area (Å²) in [5.41, 5.74) is 3.66. The molecule has 2 N–H and O–H groups in total. The Morgan fingerprint density at radius 3 is 2.90 bits per heavy atom. The Morgan fingerprint density at radius 1 is 1.25 bits per heavy atom. The summed E-state index contributed by atoms with van der Waals surface area (Å²) >= 11 is 9.27. The maximum atomic E-state index is 12.2. The van der Waals surface area contributed by atoms with Crippen molar-refractivity contribution in [3.63, 3.8) is 0 Å². The van der Waals surface area contributed by atoms with Gasteiger partial charge in [0, 0.05) is 28.0 Å². The lowest BCUT2D eigenvalue weighted by atomic mass is 10.1. The molecule has 0 spiro atoms. The van der Waals surface area contributed by atoms with E-state index in [-0.39, 0.29) is 5.91 Å². The number of benzene rings is 2. The summed E-state index contributed by atoms with van der Waals surface area (Å²) < 4.78 is 0.757. The van der Waals surface area contributed by atoms with Crippen LogP contribution in [-0.4, -0.2) is 12.5 Å². The van der Waals surface area contributed by atoms with E-state index >= 15 is 0 Å². The van der Waals surface area contributed by atoms with Crippen LogP contribution in [0, 0.1) is 0 Å². The van der Waals surface area contributed by atoms with Crippen molar-refractivity contribution in [1.82, 2.24) is 0 Å². The molecule has 102 valence electrons. The second kappa shape index (κ2) is 5.46. The van der Waals surface area contributed by atoms with Crippen molar-refractivity contribution in [3.05, 3.63) is 57.0 Å². The number of halogens is 2. The van der Waals surface area contributed by atoms with Crippen LogP contribution in [0.2, 0.25) is 5.02 Å². The summed E-state index contributed by atoms with van der Waals surface area (Å²) in [4.78, 5) is 12.2. The fraction of sp³-hybridized carbons (Fsp3) is 0.133. The quantitative estimate of drug-likeness (QED) is 0.846. The Labute approximate surface area is 130 Å². The highest BCUT2D eigenvalue weighted by molar-refractivity contribution is 9.10. The van der Waals surface area contributed by atoms with Crippen LogP contribution in [0.3, 0.4) is 0 Å². The molecule has 3 rings (SSSR count). The first-order chi connectivity index (χ1) is 9.63. The molecule has 0 fully saturated rings. The molecular weight excluding hydrogens is 340 g/mol. The Bertz CT molecular complexity index is 688. The Morgan fingerprint density at radius 2 is 2.10 bits per heavy atom. The topological polar surface area (TPSA) is 41.1 Å². The number of anilines is 2. The number of carbonyl (C=O) groups is 1. The van der Waals surface area contributed by atoms with Crippen LogP contribution in [0.4, 0.5) is 11.4 Å². The Hall–Kier alpha value is -1.52. The highest BCUT2D eigenvalue weighted by atomic mass is 79.9. The van der Waals surface area contributed by atoms with Crippen LogP contribution < -0.4 is 10.6 Å². The molecule has 0 unspecified atom stereocenters. The van der Waals surface area contributed by atoms with E-state index in [0.29, 0.717) is 16.3 Å². The molecule has 0 aliphatic carbocycles. The molecule has 2 aromatic carbocycles. The number of fused-ring (bicyclic) bond motifs is 1. The van der Waals surface area contributed by atoms with Crippen molar-refractivity contribution in [2.75, 3.05) is 17.2 Å². The third kappa shape index (κ3) is 2.67. The number of carbonyl (C=O) groups excluding carboxylic acids is 1. The first kappa shape index (κ1) is 13.5. The maximum Gasteiger partial charge on any atom is 0.255 e. The van der Waals surface area contributed by atoms with Gasteiger partial charge in [-0.3, -0.25) is 4.79 Å². The third-order valence-electron chi connectivity index (χ3n) is 3.26. The fourth-order valence-corrected chi connectivity index (χ4v) is 2.71. The van der Waals surface area contributed by atoms with Crippen molar-refractivity contribution in [1.29, 1.82) is 0 Å². The van der Waals surface area contributed by atoms with Gasteiger partial charge in [0.15, 0.2) is 0 Å². The molecule has 1 heterocycles. The van der Waals surface area contributed by atoms with E-state index in [2.05, 4.69) is 26.6 Å². The molecule has 0 saturated heterocycles. The standard InChI is InChI=1S/C15H12BrClN2O/c16-12-8-11(3-4-13(12)17)19-15(20)10-2-1-9-5-6-18-14(9)7-10/h1-4,7-8,18H,5-6H2,(H,19,20). The number of hydrogen-bond acceptors (Lipinski definition) is 2. The van der Waals surface area contributed by atoms with Gasteiger partial charge in [0.2, 0.25) is 0 Å². The lowest BCUT2D eigenvalue weighted by molar-refractivity contribution is 0.102. The number of amides is 1. The second-order valence-electron chi connectivity index (χ2n) is 4.63. The van der Waals surface area contributed by atoms with Crippen molar-refractivity contribution in [2.45, 2.75) is 6.42 Å². The lowest BCUT2D eigenvalue weighted by Gasteiger charge is -2.08. The van der Waals surface area contributed by atoms with Crippen molar-refractivity contribution in [2.24, 2.45) is 0 Å². The molecule has 20 heavy (non-hydrogen) atoms. The zero-order chi connectivity index (χ0) is 14.1. The molecule has 0 atom stereocenters. The molecular formula is C15H12BrClN2O. The third-order valence-corrected chi connectivity index (χ3v) is 4.47. The molecule has 1 amide bonds. The SMILES string of the molecule is O=C(Nc1ccc(Cl)c(Br)c1)c1ccc2c(c1)NCC2. The van der Waals surface area contributed by atoms with Gasteiger partial charge in [0.1, 0.15) is 0 Å². The summed E-state index contributed by atoms with van der Waals surface area (Å²) in [7, 11) is 0. The minimum Gasteiger partial charge on any atom is -0.384 e. The minimum absolute atomic E-state index is 0.129. The molecule has 0 saturated carbocycles. The summed E-state index contributed by atoms with van der Waals surface area (Å²) in [6, 6.07) is 11.0. The summed E-state index contributed by atoms with van der Waals surface area (Å²) in [6.45, 7) is 0.935. The van der Waals surface area contributed by atoms with E-state index in [4.69, 9.17) is 11.6 Å². The molecule has 0 aromatic heterocycles. The summed E-state index contributed by atoms with van der Waals surface area (Å²) in [6.07, 6.45) is 1.02. The van der Waals surface area contributed by atoms with Gasteiger partial charge in [0.25, 0.3) is 5.91 Å². The van der Waals surface area contributed by atoms with Crippen molar-refractivity contribution < 1.29 is 4.79 Å². The largest absolute Gasteiger partial charge is 0.384 e. The van der Waals surface area contributed by atoms with Crippen LogP contribution in [0.5, 0.6) is 0 Å². The van der Waals surface area contributed by atoms with Crippen molar-refractivity contribution >= 4 is 44.8 Å². The maximum absolute atomic E-state index is 12.2. The van der Waals surface area contributed by atoms with Gasteiger partial charge in [-0.2, -0.15) is 0 Å². The number of nitrogens with one attached hydrogen (secondary N) is 2. The zero-order valence-electron chi connectivity index (χ0n) is 10.5. The van der Waals surface area contributed by atoms with Gasteiger partial charge < -0.3 is 10.6 Å². The van der Waals surface area contributed by atoms with Crippen LogP contribution in [0.15, 0.2) is 40.9 Å². The van der Waals surface area contributed by atoms with Crippen LogP contribution >= 0.6 is 27.5 Å². The average molecular weight is 352 g/mol.